The van der Waals surface area contributed by atoms with Crippen LogP contribution >= 0.6 is 0 Å². The largest absolute Gasteiger partial charge is 0.477 e. The Morgan fingerprint density at radius 3 is 2.95 bits per heavy atom. The number of aliphatic carboxylic acids is 1. The lowest BCUT2D eigenvalue weighted by Gasteiger charge is -1.96. The molecular weight excluding hydrogens is 252 g/mol. The lowest BCUT2D eigenvalue weighted by atomic mass is 10.2. The van der Waals surface area contributed by atoms with Gasteiger partial charge < -0.3 is 9.94 Å². The third-order valence-electron chi connectivity index (χ3n) is 2.07. The number of carboxylic acids is 1. The number of rotatable bonds is 6. The summed E-state index contributed by atoms with van der Waals surface area (Å²) in [4.78, 5) is 25.2. The van der Waals surface area contributed by atoms with Crippen LogP contribution in [0.1, 0.15) is 12.5 Å². The number of non-ortho nitro benzene ring substituents is 1. The van der Waals surface area contributed by atoms with Crippen LogP contribution in [-0.4, -0.2) is 28.3 Å². The van der Waals surface area contributed by atoms with Crippen LogP contribution in [0.5, 0.6) is 0 Å². The Bertz CT molecular complexity index is 537. The number of benzene rings is 1. The molecule has 0 aromatic heterocycles. The molecule has 0 saturated carbocycles. The summed E-state index contributed by atoms with van der Waals surface area (Å²) >= 11 is 0. The van der Waals surface area contributed by atoms with Crippen molar-refractivity contribution < 1.29 is 19.7 Å². The summed E-state index contributed by atoms with van der Waals surface area (Å²) in [6.45, 7) is 1.39. The maximum Gasteiger partial charge on any atom is 0.353 e. The van der Waals surface area contributed by atoms with Crippen molar-refractivity contribution in [1.82, 2.24) is 0 Å². The van der Waals surface area contributed by atoms with Gasteiger partial charge in [-0.2, -0.15) is 0 Å². The van der Waals surface area contributed by atoms with Crippen LogP contribution in [0.4, 0.5) is 5.69 Å². The van der Waals surface area contributed by atoms with Crippen LogP contribution in [0.2, 0.25) is 0 Å². The second kappa shape index (κ2) is 6.90. The highest BCUT2D eigenvalue weighted by Gasteiger charge is 2.03. The minimum atomic E-state index is -1.15. The minimum Gasteiger partial charge on any atom is -0.477 e. The second-order valence-corrected chi connectivity index (χ2v) is 3.53. The SMILES string of the molecule is CC(=NOC/C=C/c1cccc([N+](=O)[O-])c1)C(=O)O. The van der Waals surface area contributed by atoms with Gasteiger partial charge in [0.15, 0.2) is 5.71 Å². The fourth-order valence-corrected chi connectivity index (χ4v) is 1.14. The first-order chi connectivity index (χ1) is 9.00. The summed E-state index contributed by atoms with van der Waals surface area (Å²) < 4.78 is 0. The third kappa shape index (κ3) is 4.99. The van der Waals surface area contributed by atoms with Crippen LogP contribution in [-0.2, 0) is 9.63 Å². The van der Waals surface area contributed by atoms with Gasteiger partial charge in [-0.1, -0.05) is 23.4 Å². The van der Waals surface area contributed by atoms with Gasteiger partial charge in [0, 0.05) is 12.1 Å². The van der Waals surface area contributed by atoms with Crippen LogP contribution < -0.4 is 0 Å². The van der Waals surface area contributed by atoms with Crippen molar-refractivity contribution in [2.45, 2.75) is 6.92 Å². The van der Waals surface area contributed by atoms with Gasteiger partial charge in [0.2, 0.25) is 0 Å². The topological polar surface area (TPSA) is 102 Å². The van der Waals surface area contributed by atoms with E-state index in [2.05, 4.69) is 5.16 Å². The summed E-state index contributed by atoms with van der Waals surface area (Å²) in [5, 5.41) is 22.4. The van der Waals surface area contributed by atoms with Crippen LogP contribution in [0.25, 0.3) is 6.08 Å². The van der Waals surface area contributed by atoms with Crippen molar-refractivity contribution in [2.75, 3.05) is 6.61 Å². The van der Waals surface area contributed by atoms with Gasteiger partial charge in [-0.15, -0.1) is 0 Å². The summed E-state index contributed by atoms with van der Waals surface area (Å²) in [5.74, 6) is -1.15. The minimum absolute atomic E-state index is 0.00260. The maximum atomic E-state index is 10.6. The molecule has 1 rings (SSSR count). The zero-order chi connectivity index (χ0) is 14.3. The van der Waals surface area contributed by atoms with E-state index in [1.165, 1.54) is 19.1 Å². The lowest BCUT2D eigenvalue weighted by molar-refractivity contribution is -0.384. The van der Waals surface area contributed by atoms with Gasteiger partial charge in [-0.05, 0) is 18.6 Å². The number of nitro benzene ring substituents is 1. The van der Waals surface area contributed by atoms with Gasteiger partial charge >= 0.3 is 5.97 Å². The van der Waals surface area contributed by atoms with E-state index in [4.69, 9.17) is 9.94 Å². The molecule has 0 radical (unpaired) electrons. The number of hydrogen-bond donors (Lipinski definition) is 1. The van der Waals surface area contributed by atoms with Gasteiger partial charge in [0.1, 0.15) is 6.61 Å². The highest BCUT2D eigenvalue weighted by molar-refractivity contribution is 6.34. The predicted octanol–water partition coefficient (Wildman–Crippen LogP) is 2.09. The summed E-state index contributed by atoms with van der Waals surface area (Å²) in [6, 6.07) is 6.09. The average Bonchev–Trinajstić information content (AvgIpc) is 2.38. The molecule has 7 nitrogen and oxygen atoms in total. The van der Waals surface area contributed by atoms with Gasteiger partial charge in [-0.25, -0.2) is 4.79 Å². The summed E-state index contributed by atoms with van der Waals surface area (Å²) in [5.41, 5.74) is 0.503. The van der Waals surface area contributed by atoms with E-state index in [0.717, 1.165) is 0 Å². The Labute approximate surface area is 109 Å². The van der Waals surface area contributed by atoms with Crippen LogP contribution in [0.3, 0.4) is 0 Å². The van der Waals surface area contributed by atoms with Gasteiger partial charge in [0.05, 0.1) is 4.92 Å². The first-order valence-corrected chi connectivity index (χ1v) is 5.31. The zero-order valence-corrected chi connectivity index (χ0v) is 10.1. The number of nitro groups is 1. The Hall–Kier alpha value is -2.70. The molecule has 0 aliphatic heterocycles. The van der Waals surface area contributed by atoms with Crippen molar-refractivity contribution >= 4 is 23.4 Å². The standard InChI is InChI=1S/C12H12N2O5/c1-9(12(15)16)13-19-7-3-5-10-4-2-6-11(8-10)14(17)18/h2-6,8H,7H2,1H3,(H,15,16)/b5-3+,13-9?. The molecule has 1 aromatic rings. The molecule has 1 aromatic carbocycles. The molecule has 0 amide bonds. The molecule has 1 N–H and O–H groups in total. The molecule has 0 fully saturated rings. The Balaban J connectivity index is 2.54. The lowest BCUT2D eigenvalue weighted by Crippen LogP contribution is -2.08. The number of oxime groups is 1. The Kier molecular flexibility index (Phi) is 5.21. The molecule has 0 spiro atoms. The molecule has 0 bridgehead atoms. The maximum absolute atomic E-state index is 10.6. The van der Waals surface area contributed by atoms with Crippen molar-refractivity contribution in [2.24, 2.45) is 5.16 Å². The number of hydrogen-bond acceptors (Lipinski definition) is 5. The molecule has 0 heterocycles. The van der Waals surface area contributed by atoms with Crippen molar-refractivity contribution in [3.05, 3.63) is 46.0 Å². The normalized spacial score (nSPS) is 11.5. The highest BCUT2D eigenvalue weighted by Crippen LogP contribution is 2.13. The van der Waals surface area contributed by atoms with Crippen LogP contribution in [0, 0.1) is 10.1 Å². The molecule has 0 aliphatic rings. The molecule has 19 heavy (non-hydrogen) atoms. The predicted molar refractivity (Wildman–Crippen MR) is 68.8 cm³/mol. The average molecular weight is 264 g/mol. The van der Waals surface area contributed by atoms with E-state index < -0.39 is 10.9 Å². The first kappa shape index (κ1) is 14.4. The van der Waals surface area contributed by atoms with Gasteiger partial charge in [0.25, 0.3) is 5.69 Å². The number of carboxylic acid groups (broad SMARTS) is 1. The van der Waals surface area contributed by atoms with Crippen molar-refractivity contribution in [1.29, 1.82) is 0 Å². The molecule has 7 heteroatoms. The quantitative estimate of drug-likeness (QED) is 0.367. The van der Waals surface area contributed by atoms with E-state index in [1.54, 1.807) is 24.3 Å². The third-order valence-corrected chi connectivity index (χ3v) is 2.07. The van der Waals surface area contributed by atoms with Crippen LogP contribution in [0.15, 0.2) is 35.5 Å². The molecular formula is C12H12N2O5. The summed E-state index contributed by atoms with van der Waals surface area (Å²) in [6.07, 6.45) is 3.20. The van der Waals surface area contributed by atoms with Crippen molar-refractivity contribution in [3.8, 4) is 0 Å². The molecule has 100 valence electrons. The fraction of sp³-hybridized carbons (Fsp3) is 0.167. The summed E-state index contributed by atoms with van der Waals surface area (Å²) in [7, 11) is 0. The van der Waals surface area contributed by atoms with E-state index >= 15 is 0 Å². The second-order valence-electron chi connectivity index (χ2n) is 3.53. The monoisotopic (exact) mass is 264 g/mol. The molecule has 0 atom stereocenters. The number of carbonyl (C=O) groups is 1. The fourth-order valence-electron chi connectivity index (χ4n) is 1.14. The van der Waals surface area contributed by atoms with E-state index in [1.807, 2.05) is 0 Å². The van der Waals surface area contributed by atoms with Gasteiger partial charge in [-0.3, -0.25) is 10.1 Å². The molecule has 0 aliphatic carbocycles. The molecule has 0 unspecified atom stereocenters. The Morgan fingerprint density at radius 2 is 2.32 bits per heavy atom. The van der Waals surface area contributed by atoms with E-state index in [9.17, 15) is 14.9 Å². The first-order valence-electron chi connectivity index (χ1n) is 5.31. The van der Waals surface area contributed by atoms with E-state index in [0.29, 0.717) is 5.56 Å². The highest BCUT2D eigenvalue weighted by atomic mass is 16.6. The van der Waals surface area contributed by atoms with Crippen molar-refractivity contribution in [3.63, 3.8) is 0 Å². The smallest absolute Gasteiger partial charge is 0.353 e. The zero-order valence-electron chi connectivity index (χ0n) is 10.1. The Morgan fingerprint density at radius 1 is 1.58 bits per heavy atom. The van der Waals surface area contributed by atoms with E-state index in [-0.39, 0.29) is 18.0 Å². The number of nitrogens with zero attached hydrogens (tertiary/aromatic N) is 2. The molecule has 0 saturated heterocycles.